The van der Waals surface area contributed by atoms with E-state index in [0.29, 0.717) is 5.69 Å². The van der Waals surface area contributed by atoms with Gasteiger partial charge in [0.2, 0.25) is 0 Å². The van der Waals surface area contributed by atoms with Crippen molar-refractivity contribution in [2.45, 2.75) is 6.92 Å². The lowest BCUT2D eigenvalue weighted by molar-refractivity contribution is -0.386. The van der Waals surface area contributed by atoms with Crippen molar-refractivity contribution in [3.05, 3.63) is 22.0 Å². The third kappa shape index (κ3) is 1.47. The van der Waals surface area contributed by atoms with E-state index in [9.17, 15) is 10.1 Å². The Kier molecular flexibility index (Phi) is 2.18. The molecule has 0 aliphatic rings. The van der Waals surface area contributed by atoms with E-state index in [1.165, 1.54) is 14.0 Å². The smallest absolute Gasteiger partial charge is 0.316 e. The predicted octanol–water partition coefficient (Wildman–Crippen LogP) is 0.702. The summed E-state index contributed by atoms with van der Waals surface area (Å²) in [4.78, 5) is 17.1. The molecule has 0 saturated heterocycles. The second-order valence-electron chi connectivity index (χ2n) is 2.08. The molecule has 0 aliphatic carbocycles. The second-order valence-corrected chi connectivity index (χ2v) is 2.08. The van der Waals surface area contributed by atoms with Crippen molar-refractivity contribution in [3.63, 3.8) is 0 Å². The molecule has 0 fully saturated rings. The molecule has 64 valence electrons. The Labute approximate surface area is 68.4 Å². The first-order valence-corrected chi connectivity index (χ1v) is 3.17. The Balaban J connectivity index is 3.12. The first-order valence-electron chi connectivity index (χ1n) is 3.17. The van der Waals surface area contributed by atoms with E-state index >= 15 is 0 Å². The fourth-order valence-corrected chi connectivity index (χ4v) is 0.717. The molecule has 0 amide bonds. The molecule has 1 rings (SSSR count). The van der Waals surface area contributed by atoms with Gasteiger partial charge in [0.25, 0.3) is 0 Å². The molecule has 0 N–H and O–H groups in total. The maximum Gasteiger partial charge on any atom is 0.316 e. The van der Waals surface area contributed by atoms with Crippen LogP contribution in [-0.2, 0) is 0 Å². The molecule has 0 spiro atoms. The maximum absolute atomic E-state index is 10.3. The summed E-state index contributed by atoms with van der Waals surface area (Å²) in [6, 6.07) is 0.137. The van der Waals surface area contributed by atoms with Crippen LogP contribution >= 0.6 is 0 Å². The van der Waals surface area contributed by atoms with Gasteiger partial charge in [0.05, 0.1) is 12.0 Å². The van der Waals surface area contributed by atoms with Gasteiger partial charge in [-0.2, -0.15) is 9.97 Å². The number of nitro groups is 1. The molecule has 12 heavy (non-hydrogen) atoms. The lowest BCUT2D eigenvalue weighted by Crippen LogP contribution is -1.98. The highest BCUT2D eigenvalue weighted by atomic mass is 16.6. The molecule has 1 heterocycles. The molecule has 0 saturated carbocycles. The van der Waals surface area contributed by atoms with E-state index < -0.39 is 4.92 Å². The maximum atomic E-state index is 10.3. The lowest BCUT2D eigenvalue weighted by Gasteiger charge is -1.98. The van der Waals surface area contributed by atoms with Gasteiger partial charge in [-0.05, 0) is 6.92 Å². The molecule has 0 radical (unpaired) electrons. The number of methoxy groups -OCH3 is 1. The zero-order valence-electron chi connectivity index (χ0n) is 6.64. The summed E-state index contributed by atoms with van der Waals surface area (Å²) in [5.41, 5.74) is 0.197. The van der Waals surface area contributed by atoms with E-state index in [-0.39, 0.29) is 11.7 Å². The van der Waals surface area contributed by atoms with Crippen molar-refractivity contribution in [2.75, 3.05) is 7.11 Å². The highest BCUT2D eigenvalue weighted by molar-refractivity contribution is 5.31. The zero-order valence-corrected chi connectivity index (χ0v) is 6.64. The average molecular weight is 169 g/mol. The molecule has 6 nitrogen and oxygen atoms in total. The molecule has 0 bridgehead atoms. The number of ether oxygens (including phenoxy) is 1. The van der Waals surface area contributed by atoms with Crippen LogP contribution in [0.5, 0.6) is 6.01 Å². The van der Waals surface area contributed by atoms with Gasteiger partial charge < -0.3 is 4.74 Å². The minimum atomic E-state index is -0.533. The Hall–Kier alpha value is -1.72. The summed E-state index contributed by atoms with van der Waals surface area (Å²) in [5.74, 6) is 0. The SMILES string of the molecule is COc1ncc([N+](=O)[O-])c(C)n1. The molecule has 1 aromatic heterocycles. The van der Waals surface area contributed by atoms with Gasteiger partial charge in [0.1, 0.15) is 11.9 Å². The van der Waals surface area contributed by atoms with Crippen molar-refractivity contribution in [1.82, 2.24) is 9.97 Å². The largest absolute Gasteiger partial charge is 0.467 e. The van der Waals surface area contributed by atoms with Crippen molar-refractivity contribution >= 4 is 5.69 Å². The summed E-state index contributed by atoms with van der Waals surface area (Å²) in [7, 11) is 1.40. The van der Waals surface area contributed by atoms with Crippen LogP contribution in [0, 0.1) is 17.0 Å². The first-order chi connectivity index (χ1) is 5.65. The summed E-state index contributed by atoms with van der Waals surface area (Å²) >= 11 is 0. The quantitative estimate of drug-likeness (QED) is 0.481. The molecular weight excluding hydrogens is 162 g/mol. The number of aromatic nitrogens is 2. The van der Waals surface area contributed by atoms with Gasteiger partial charge in [0, 0.05) is 0 Å². The van der Waals surface area contributed by atoms with Crippen LogP contribution in [0.1, 0.15) is 5.69 Å². The lowest BCUT2D eigenvalue weighted by atomic mass is 10.4. The monoisotopic (exact) mass is 169 g/mol. The second kappa shape index (κ2) is 3.12. The minimum absolute atomic E-state index is 0.101. The molecule has 0 aromatic carbocycles. The summed E-state index contributed by atoms with van der Waals surface area (Å²) in [6.07, 6.45) is 1.13. The van der Waals surface area contributed by atoms with E-state index in [1.54, 1.807) is 0 Å². The van der Waals surface area contributed by atoms with Crippen LogP contribution in [0.2, 0.25) is 0 Å². The normalized spacial score (nSPS) is 9.50. The molecule has 0 aliphatic heterocycles. The summed E-state index contributed by atoms with van der Waals surface area (Å²) in [5, 5.41) is 10.3. The standard InChI is InChI=1S/C6H7N3O3/c1-4-5(9(10)11)3-7-6(8-4)12-2/h3H,1-2H3. The Morgan fingerprint density at radius 2 is 2.33 bits per heavy atom. The Morgan fingerprint density at radius 1 is 1.67 bits per heavy atom. The van der Waals surface area contributed by atoms with Crippen LogP contribution in [-0.4, -0.2) is 22.0 Å². The fraction of sp³-hybridized carbons (Fsp3) is 0.333. The van der Waals surface area contributed by atoms with Gasteiger partial charge >= 0.3 is 11.7 Å². The Bertz CT molecular complexity index is 313. The fourth-order valence-electron chi connectivity index (χ4n) is 0.717. The highest BCUT2D eigenvalue weighted by Crippen LogP contribution is 2.15. The number of rotatable bonds is 2. The summed E-state index contributed by atoms with van der Waals surface area (Å²) in [6.45, 7) is 1.53. The van der Waals surface area contributed by atoms with Gasteiger partial charge in [-0.3, -0.25) is 10.1 Å². The van der Waals surface area contributed by atoms with Crippen LogP contribution in [0.4, 0.5) is 5.69 Å². The van der Waals surface area contributed by atoms with Crippen LogP contribution < -0.4 is 4.74 Å². The van der Waals surface area contributed by atoms with E-state index in [4.69, 9.17) is 0 Å². The number of hydrogen-bond donors (Lipinski definition) is 0. The minimum Gasteiger partial charge on any atom is -0.467 e. The molecule has 0 atom stereocenters. The van der Waals surface area contributed by atoms with Gasteiger partial charge in [0.15, 0.2) is 0 Å². The van der Waals surface area contributed by atoms with Crippen molar-refractivity contribution in [2.24, 2.45) is 0 Å². The first kappa shape index (κ1) is 8.38. The average Bonchev–Trinajstić information content (AvgIpc) is 2.03. The number of aryl methyl sites for hydroxylation is 1. The van der Waals surface area contributed by atoms with Crippen molar-refractivity contribution in [3.8, 4) is 6.01 Å². The third-order valence-corrected chi connectivity index (χ3v) is 1.31. The highest BCUT2D eigenvalue weighted by Gasteiger charge is 2.12. The third-order valence-electron chi connectivity index (χ3n) is 1.31. The van der Waals surface area contributed by atoms with E-state index in [0.717, 1.165) is 6.20 Å². The predicted molar refractivity (Wildman–Crippen MR) is 40.0 cm³/mol. The van der Waals surface area contributed by atoms with Crippen molar-refractivity contribution in [1.29, 1.82) is 0 Å². The molecule has 6 heteroatoms. The van der Waals surface area contributed by atoms with Gasteiger partial charge in [-0.15, -0.1) is 0 Å². The van der Waals surface area contributed by atoms with Gasteiger partial charge in [-0.25, -0.2) is 0 Å². The molecule has 0 unspecified atom stereocenters. The molecular formula is C6H7N3O3. The van der Waals surface area contributed by atoms with Crippen LogP contribution in [0.25, 0.3) is 0 Å². The summed E-state index contributed by atoms with van der Waals surface area (Å²) < 4.78 is 4.68. The Morgan fingerprint density at radius 3 is 2.75 bits per heavy atom. The topological polar surface area (TPSA) is 78.2 Å². The van der Waals surface area contributed by atoms with Crippen molar-refractivity contribution < 1.29 is 9.66 Å². The molecule has 1 aromatic rings. The number of hydrogen-bond acceptors (Lipinski definition) is 5. The van der Waals surface area contributed by atoms with Crippen LogP contribution in [0.15, 0.2) is 6.20 Å². The number of nitrogens with zero attached hydrogens (tertiary/aromatic N) is 3. The zero-order chi connectivity index (χ0) is 9.14. The van der Waals surface area contributed by atoms with E-state index in [1.807, 2.05) is 0 Å². The van der Waals surface area contributed by atoms with E-state index in [2.05, 4.69) is 14.7 Å². The van der Waals surface area contributed by atoms with Gasteiger partial charge in [-0.1, -0.05) is 0 Å². The van der Waals surface area contributed by atoms with Crippen LogP contribution in [0.3, 0.4) is 0 Å².